The third kappa shape index (κ3) is 3.42. The highest BCUT2D eigenvalue weighted by atomic mass is 14.9. The van der Waals surface area contributed by atoms with E-state index >= 15 is 0 Å². The number of rotatable bonds is 5. The highest BCUT2D eigenvalue weighted by Crippen LogP contribution is 2.22. The molecule has 0 aliphatic carbocycles. The molecule has 0 aliphatic heterocycles. The number of benzene rings is 1. The minimum atomic E-state index is 0.369. The number of hydrogen-bond donors (Lipinski definition) is 1. The Bertz CT molecular complexity index is 534. The van der Waals surface area contributed by atoms with Gasteiger partial charge in [0.15, 0.2) is 0 Å². The van der Waals surface area contributed by atoms with E-state index in [4.69, 9.17) is 0 Å². The minimum absolute atomic E-state index is 0.369. The average Bonchev–Trinajstić information content (AvgIpc) is 2.43. The Hall–Kier alpha value is -1.67. The summed E-state index contributed by atoms with van der Waals surface area (Å²) in [5.74, 6) is 0. The fraction of sp³-hybridized carbons (Fsp3) is 0.353. The molecule has 0 bridgehead atoms. The van der Waals surface area contributed by atoms with Crippen molar-refractivity contribution in [2.75, 3.05) is 7.05 Å². The largest absolute Gasteiger partial charge is 0.313 e. The Morgan fingerprint density at radius 1 is 1.11 bits per heavy atom. The number of hydrogen-bond acceptors (Lipinski definition) is 2. The predicted molar refractivity (Wildman–Crippen MR) is 80.3 cm³/mol. The van der Waals surface area contributed by atoms with Crippen molar-refractivity contribution < 1.29 is 0 Å². The molecule has 2 heteroatoms. The number of aryl methyl sites for hydroxylation is 3. The smallest absolute Gasteiger partial charge is 0.0338 e. The molecule has 1 aromatic heterocycles. The molecule has 19 heavy (non-hydrogen) atoms. The van der Waals surface area contributed by atoms with Gasteiger partial charge in [0.2, 0.25) is 0 Å². The van der Waals surface area contributed by atoms with Crippen molar-refractivity contribution >= 4 is 0 Å². The molecule has 1 aromatic carbocycles. The summed E-state index contributed by atoms with van der Waals surface area (Å²) in [5, 5.41) is 3.41. The summed E-state index contributed by atoms with van der Waals surface area (Å²) in [4.78, 5) is 4.25. The van der Waals surface area contributed by atoms with E-state index in [0.717, 1.165) is 12.8 Å². The van der Waals surface area contributed by atoms with Crippen LogP contribution < -0.4 is 5.32 Å². The maximum atomic E-state index is 4.25. The number of pyridine rings is 1. The Balaban J connectivity index is 2.09. The fourth-order valence-corrected chi connectivity index (χ4v) is 2.49. The van der Waals surface area contributed by atoms with Crippen LogP contribution in [0.3, 0.4) is 0 Å². The minimum Gasteiger partial charge on any atom is -0.313 e. The van der Waals surface area contributed by atoms with Crippen LogP contribution in [0.4, 0.5) is 0 Å². The van der Waals surface area contributed by atoms with Gasteiger partial charge in [-0.15, -0.1) is 0 Å². The fourth-order valence-electron chi connectivity index (χ4n) is 2.49. The van der Waals surface area contributed by atoms with Gasteiger partial charge in [-0.05, 0) is 62.1 Å². The van der Waals surface area contributed by atoms with Crippen molar-refractivity contribution in [2.45, 2.75) is 32.7 Å². The van der Waals surface area contributed by atoms with E-state index in [0.29, 0.717) is 6.04 Å². The lowest BCUT2D eigenvalue weighted by molar-refractivity contribution is 0.544. The molecule has 1 heterocycles. The van der Waals surface area contributed by atoms with Gasteiger partial charge in [-0.1, -0.05) is 24.3 Å². The second-order valence-corrected chi connectivity index (χ2v) is 5.04. The summed E-state index contributed by atoms with van der Waals surface area (Å²) in [7, 11) is 2.02. The first-order chi connectivity index (χ1) is 9.22. The quantitative estimate of drug-likeness (QED) is 0.882. The molecule has 0 saturated heterocycles. The summed E-state index contributed by atoms with van der Waals surface area (Å²) in [6, 6.07) is 11.1. The normalized spacial score (nSPS) is 12.4. The second-order valence-electron chi connectivity index (χ2n) is 5.04. The standard InChI is InChI=1S/C17H22N2/c1-13-6-4-5-7-15(13)8-9-17(18-3)16-12-19-11-10-14(16)2/h4-7,10-12,17-18H,8-9H2,1-3H3. The van der Waals surface area contributed by atoms with E-state index in [1.807, 2.05) is 19.4 Å². The van der Waals surface area contributed by atoms with Crippen LogP contribution in [0, 0.1) is 13.8 Å². The highest BCUT2D eigenvalue weighted by Gasteiger charge is 2.12. The SMILES string of the molecule is CNC(CCc1ccccc1C)c1cnccc1C. The van der Waals surface area contributed by atoms with Gasteiger partial charge in [0, 0.05) is 18.4 Å². The van der Waals surface area contributed by atoms with Gasteiger partial charge < -0.3 is 5.32 Å². The first kappa shape index (κ1) is 13.8. The third-order valence-corrected chi connectivity index (χ3v) is 3.77. The molecule has 2 nitrogen and oxygen atoms in total. The zero-order chi connectivity index (χ0) is 13.7. The van der Waals surface area contributed by atoms with Gasteiger partial charge in [-0.25, -0.2) is 0 Å². The molecule has 0 aliphatic rings. The molecule has 1 N–H and O–H groups in total. The monoisotopic (exact) mass is 254 g/mol. The van der Waals surface area contributed by atoms with Crippen molar-refractivity contribution in [3.63, 3.8) is 0 Å². The molecule has 0 amide bonds. The molecule has 2 aromatic rings. The Morgan fingerprint density at radius 2 is 1.89 bits per heavy atom. The molecule has 0 fully saturated rings. The van der Waals surface area contributed by atoms with E-state index in [9.17, 15) is 0 Å². The molecular weight excluding hydrogens is 232 g/mol. The summed E-state index contributed by atoms with van der Waals surface area (Å²) < 4.78 is 0. The predicted octanol–water partition coefficient (Wildman–Crippen LogP) is 3.59. The van der Waals surface area contributed by atoms with Gasteiger partial charge in [-0.2, -0.15) is 0 Å². The zero-order valence-electron chi connectivity index (χ0n) is 12.0. The third-order valence-electron chi connectivity index (χ3n) is 3.77. The topological polar surface area (TPSA) is 24.9 Å². The first-order valence-electron chi connectivity index (χ1n) is 6.84. The summed E-state index contributed by atoms with van der Waals surface area (Å²) in [6.45, 7) is 4.33. The van der Waals surface area contributed by atoms with Gasteiger partial charge >= 0.3 is 0 Å². The highest BCUT2D eigenvalue weighted by molar-refractivity contribution is 5.28. The summed E-state index contributed by atoms with van der Waals surface area (Å²) in [6.07, 6.45) is 6.02. The van der Waals surface area contributed by atoms with Crippen LogP contribution in [0.2, 0.25) is 0 Å². The molecule has 1 atom stereocenters. The van der Waals surface area contributed by atoms with Gasteiger partial charge in [-0.3, -0.25) is 4.98 Å². The van der Waals surface area contributed by atoms with Crippen LogP contribution in [0.25, 0.3) is 0 Å². The molecule has 2 rings (SSSR count). The summed E-state index contributed by atoms with van der Waals surface area (Å²) >= 11 is 0. The van der Waals surface area contributed by atoms with E-state index in [1.165, 1.54) is 22.3 Å². The lowest BCUT2D eigenvalue weighted by Crippen LogP contribution is -2.18. The zero-order valence-corrected chi connectivity index (χ0v) is 12.0. The van der Waals surface area contributed by atoms with Crippen LogP contribution in [0.1, 0.15) is 34.7 Å². The molecule has 0 radical (unpaired) electrons. The molecule has 100 valence electrons. The maximum absolute atomic E-state index is 4.25. The maximum Gasteiger partial charge on any atom is 0.0338 e. The van der Waals surface area contributed by atoms with Crippen molar-refractivity contribution in [2.24, 2.45) is 0 Å². The van der Waals surface area contributed by atoms with Gasteiger partial charge in [0.1, 0.15) is 0 Å². The Kier molecular flexibility index (Phi) is 4.69. The van der Waals surface area contributed by atoms with Crippen molar-refractivity contribution in [1.29, 1.82) is 0 Å². The summed E-state index contributed by atoms with van der Waals surface area (Å²) in [5.41, 5.74) is 5.42. The van der Waals surface area contributed by atoms with E-state index in [-0.39, 0.29) is 0 Å². The lowest BCUT2D eigenvalue weighted by Gasteiger charge is -2.18. The van der Waals surface area contributed by atoms with Crippen LogP contribution in [-0.2, 0) is 6.42 Å². The number of nitrogens with zero attached hydrogens (tertiary/aromatic N) is 1. The Morgan fingerprint density at radius 3 is 2.58 bits per heavy atom. The van der Waals surface area contributed by atoms with Crippen molar-refractivity contribution in [1.82, 2.24) is 10.3 Å². The Labute approximate surface area is 115 Å². The van der Waals surface area contributed by atoms with Crippen LogP contribution in [-0.4, -0.2) is 12.0 Å². The first-order valence-corrected chi connectivity index (χ1v) is 6.84. The van der Waals surface area contributed by atoms with Crippen LogP contribution in [0.15, 0.2) is 42.7 Å². The molecule has 1 unspecified atom stereocenters. The molecule has 0 saturated carbocycles. The second kappa shape index (κ2) is 6.48. The average molecular weight is 254 g/mol. The van der Waals surface area contributed by atoms with E-state index in [2.05, 4.69) is 54.5 Å². The van der Waals surface area contributed by atoms with Crippen molar-refractivity contribution in [3.8, 4) is 0 Å². The number of nitrogens with one attached hydrogen (secondary N) is 1. The molecular formula is C17H22N2. The van der Waals surface area contributed by atoms with E-state index in [1.54, 1.807) is 0 Å². The molecule has 0 spiro atoms. The van der Waals surface area contributed by atoms with Crippen molar-refractivity contribution in [3.05, 3.63) is 65.0 Å². The number of aromatic nitrogens is 1. The lowest BCUT2D eigenvalue weighted by atomic mass is 9.96. The van der Waals surface area contributed by atoms with Gasteiger partial charge in [0.05, 0.1) is 0 Å². The van der Waals surface area contributed by atoms with E-state index < -0.39 is 0 Å². The van der Waals surface area contributed by atoms with Crippen LogP contribution >= 0.6 is 0 Å². The van der Waals surface area contributed by atoms with Gasteiger partial charge in [0.25, 0.3) is 0 Å². The van der Waals surface area contributed by atoms with Crippen LogP contribution in [0.5, 0.6) is 0 Å².